The Balaban J connectivity index is 0.00000182. The van der Waals surface area contributed by atoms with Crippen LogP contribution in [0.4, 0.5) is 0 Å². The van der Waals surface area contributed by atoms with Gasteiger partial charge in [0.25, 0.3) is 5.56 Å². The molecule has 130 valence electrons. The highest BCUT2D eigenvalue weighted by atomic mass is 79.9. The average molecular weight is 401 g/mol. The largest absolute Gasteiger partial charge is 0.383 e. The summed E-state index contributed by atoms with van der Waals surface area (Å²) in [5, 5.41) is 5.87. The van der Waals surface area contributed by atoms with Crippen molar-refractivity contribution in [3.05, 3.63) is 70.7 Å². The maximum atomic E-state index is 12.3. The van der Waals surface area contributed by atoms with E-state index in [4.69, 9.17) is 4.52 Å². The van der Waals surface area contributed by atoms with Gasteiger partial charge < -0.3 is 9.84 Å². The van der Waals surface area contributed by atoms with Gasteiger partial charge in [0.1, 0.15) is 5.76 Å². The van der Waals surface area contributed by atoms with Crippen molar-refractivity contribution < 1.29 is 4.52 Å². The summed E-state index contributed by atoms with van der Waals surface area (Å²) in [6.45, 7) is 1.93. The van der Waals surface area contributed by atoms with E-state index in [2.05, 4.69) is 34.7 Å². The molecule has 0 bridgehead atoms. The first kappa shape index (κ1) is 17.7. The third kappa shape index (κ3) is 3.62. The van der Waals surface area contributed by atoms with E-state index in [1.165, 1.54) is 5.56 Å². The minimum atomic E-state index is -0.143. The van der Waals surface area contributed by atoms with Crippen LogP contribution >= 0.6 is 17.0 Å². The summed E-state index contributed by atoms with van der Waals surface area (Å²) in [5.41, 5.74) is 3.77. The zero-order valence-electron chi connectivity index (χ0n) is 13.8. The zero-order chi connectivity index (χ0) is 16.4. The number of nitrogens with one attached hydrogen (secondary N) is 2. The molecule has 1 aromatic heterocycles. The number of aromatic nitrogens is 1. The molecule has 4 rings (SSSR count). The molecular weight excluding hydrogens is 380 g/mol. The third-order valence-corrected chi connectivity index (χ3v) is 4.72. The molecule has 25 heavy (non-hydrogen) atoms. The minimum Gasteiger partial charge on any atom is -0.383 e. The Labute approximate surface area is 157 Å². The first-order valence-corrected chi connectivity index (χ1v) is 8.41. The van der Waals surface area contributed by atoms with Crippen molar-refractivity contribution in [3.63, 3.8) is 0 Å². The van der Waals surface area contributed by atoms with Crippen molar-refractivity contribution in [1.29, 1.82) is 0 Å². The molecule has 1 saturated heterocycles. The van der Waals surface area contributed by atoms with Gasteiger partial charge in [-0.25, -0.2) is 0 Å². The highest BCUT2D eigenvalue weighted by Crippen LogP contribution is 2.32. The summed E-state index contributed by atoms with van der Waals surface area (Å²) in [6.07, 6.45) is 1.99. The molecule has 4 nitrogen and oxygen atoms in total. The summed E-state index contributed by atoms with van der Waals surface area (Å²) in [6, 6.07) is 18.4. The summed E-state index contributed by atoms with van der Waals surface area (Å²) in [5.74, 6) is 1.10. The van der Waals surface area contributed by atoms with Gasteiger partial charge in [0, 0.05) is 5.92 Å². The SMILES string of the molecule is Br.O=c1[nH]oc(C2CCNCC2)c1-c1ccc(-c2ccccc2)cc1. The van der Waals surface area contributed by atoms with E-state index in [-0.39, 0.29) is 22.5 Å². The van der Waals surface area contributed by atoms with Crippen LogP contribution in [0.15, 0.2) is 63.9 Å². The van der Waals surface area contributed by atoms with Gasteiger partial charge in [0.15, 0.2) is 0 Å². The quantitative estimate of drug-likeness (QED) is 0.686. The second-order valence-electron chi connectivity index (χ2n) is 6.24. The minimum absolute atomic E-state index is 0. The lowest BCUT2D eigenvalue weighted by molar-refractivity contribution is 0.326. The molecule has 1 fully saturated rings. The van der Waals surface area contributed by atoms with E-state index >= 15 is 0 Å². The number of halogens is 1. The normalized spacial score (nSPS) is 14.9. The van der Waals surface area contributed by atoms with E-state index in [9.17, 15) is 4.79 Å². The Kier molecular flexibility index (Phi) is 5.56. The number of benzene rings is 2. The van der Waals surface area contributed by atoms with Gasteiger partial charge in [-0.15, -0.1) is 17.0 Å². The first-order chi connectivity index (χ1) is 11.8. The van der Waals surface area contributed by atoms with Crippen LogP contribution < -0.4 is 10.9 Å². The molecule has 0 spiro atoms. The maximum Gasteiger partial charge on any atom is 0.288 e. The monoisotopic (exact) mass is 400 g/mol. The number of hydrogen-bond donors (Lipinski definition) is 2. The fourth-order valence-electron chi connectivity index (χ4n) is 3.42. The molecule has 3 aromatic rings. The molecule has 1 aliphatic rings. The van der Waals surface area contributed by atoms with Gasteiger partial charge >= 0.3 is 0 Å². The third-order valence-electron chi connectivity index (χ3n) is 4.72. The molecule has 0 aliphatic carbocycles. The smallest absolute Gasteiger partial charge is 0.288 e. The van der Waals surface area contributed by atoms with E-state index in [1.54, 1.807) is 0 Å². The number of piperidine rings is 1. The van der Waals surface area contributed by atoms with Crippen LogP contribution in [0, 0.1) is 0 Å². The molecule has 0 radical (unpaired) electrons. The second kappa shape index (κ2) is 7.85. The summed E-state index contributed by atoms with van der Waals surface area (Å²) >= 11 is 0. The van der Waals surface area contributed by atoms with Crippen LogP contribution in [0.3, 0.4) is 0 Å². The van der Waals surface area contributed by atoms with Crippen LogP contribution in [-0.2, 0) is 0 Å². The van der Waals surface area contributed by atoms with Crippen LogP contribution in [0.5, 0.6) is 0 Å². The molecule has 0 saturated carbocycles. The van der Waals surface area contributed by atoms with Crippen molar-refractivity contribution in [2.75, 3.05) is 13.1 Å². The molecule has 0 unspecified atom stereocenters. The molecule has 0 amide bonds. The molecule has 2 aromatic carbocycles. The van der Waals surface area contributed by atoms with Gasteiger partial charge in [-0.3, -0.25) is 4.79 Å². The van der Waals surface area contributed by atoms with Gasteiger partial charge in [0.2, 0.25) is 0 Å². The van der Waals surface area contributed by atoms with Crippen LogP contribution in [0.25, 0.3) is 22.3 Å². The van der Waals surface area contributed by atoms with Gasteiger partial charge in [-0.1, -0.05) is 54.6 Å². The molecule has 2 N–H and O–H groups in total. The number of aromatic amines is 1. The summed E-state index contributed by atoms with van der Waals surface area (Å²) in [7, 11) is 0. The van der Waals surface area contributed by atoms with Crippen molar-refractivity contribution in [3.8, 4) is 22.3 Å². The Hall–Kier alpha value is -2.11. The lowest BCUT2D eigenvalue weighted by Crippen LogP contribution is -2.26. The Morgan fingerprint density at radius 2 is 1.44 bits per heavy atom. The second-order valence-corrected chi connectivity index (χ2v) is 6.24. The highest BCUT2D eigenvalue weighted by molar-refractivity contribution is 8.93. The Bertz CT molecular complexity index is 863. The Morgan fingerprint density at radius 1 is 0.840 bits per heavy atom. The topological polar surface area (TPSA) is 58.0 Å². The fraction of sp³-hybridized carbons (Fsp3) is 0.250. The molecule has 1 aliphatic heterocycles. The van der Waals surface area contributed by atoms with E-state index in [0.717, 1.165) is 42.8 Å². The number of rotatable bonds is 3. The standard InChI is InChI=1S/C20H20N2O2.BrH/c23-20-18(19(24-22-20)17-10-12-21-13-11-17)16-8-6-15(7-9-16)14-4-2-1-3-5-14;/h1-9,17,21H,10-13H2,(H,22,23);1H. The molecule has 5 heteroatoms. The molecule has 2 heterocycles. The predicted octanol–water partition coefficient (Wildman–Crippen LogP) is 4.35. The lowest BCUT2D eigenvalue weighted by atomic mass is 9.90. The van der Waals surface area contributed by atoms with E-state index < -0.39 is 0 Å². The van der Waals surface area contributed by atoms with E-state index in [0.29, 0.717) is 11.5 Å². The average Bonchev–Trinajstić information content (AvgIpc) is 3.05. The number of hydrogen-bond acceptors (Lipinski definition) is 3. The lowest BCUT2D eigenvalue weighted by Gasteiger charge is -2.21. The maximum absolute atomic E-state index is 12.3. The fourth-order valence-corrected chi connectivity index (χ4v) is 3.42. The molecule has 0 atom stereocenters. The van der Waals surface area contributed by atoms with Crippen LogP contribution in [0.2, 0.25) is 0 Å². The van der Waals surface area contributed by atoms with Gasteiger partial charge in [-0.2, -0.15) is 5.16 Å². The predicted molar refractivity (Wildman–Crippen MR) is 105 cm³/mol. The van der Waals surface area contributed by atoms with Crippen molar-refractivity contribution in [2.45, 2.75) is 18.8 Å². The summed E-state index contributed by atoms with van der Waals surface area (Å²) < 4.78 is 5.54. The zero-order valence-corrected chi connectivity index (χ0v) is 15.5. The van der Waals surface area contributed by atoms with Gasteiger partial charge in [-0.05, 0) is 42.6 Å². The Morgan fingerprint density at radius 3 is 2.12 bits per heavy atom. The van der Waals surface area contributed by atoms with Crippen LogP contribution in [0.1, 0.15) is 24.5 Å². The van der Waals surface area contributed by atoms with Gasteiger partial charge in [0.05, 0.1) is 5.56 Å². The highest BCUT2D eigenvalue weighted by Gasteiger charge is 2.25. The van der Waals surface area contributed by atoms with Crippen molar-refractivity contribution in [1.82, 2.24) is 10.5 Å². The van der Waals surface area contributed by atoms with E-state index in [1.807, 2.05) is 30.3 Å². The first-order valence-electron chi connectivity index (χ1n) is 8.41. The van der Waals surface area contributed by atoms with Crippen LogP contribution in [-0.4, -0.2) is 18.2 Å². The summed E-state index contributed by atoms with van der Waals surface area (Å²) in [4.78, 5) is 12.3. The van der Waals surface area contributed by atoms with Crippen molar-refractivity contribution in [2.24, 2.45) is 0 Å². The molecular formula is C20H21BrN2O2. The number of H-pyrrole nitrogens is 1. The van der Waals surface area contributed by atoms with Crippen molar-refractivity contribution >= 4 is 17.0 Å².